The average Bonchev–Trinajstić information content (AvgIpc) is 3.19. The number of benzene rings is 2. The van der Waals surface area contributed by atoms with Crippen molar-refractivity contribution >= 4 is 16.8 Å². The van der Waals surface area contributed by atoms with Crippen LogP contribution in [-0.2, 0) is 6.54 Å². The van der Waals surface area contributed by atoms with Crippen LogP contribution in [0.25, 0.3) is 10.9 Å². The van der Waals surface area contributed by atoms with Crippen LogP contribution in [0.15, 0.2) is 54.6 Å². The molecule has 1 fully saturated rings. The summed E-state index contributed by atoms with van der Waals surface area (Å²) in [6.07, 6.45) is 1.95. The highest BCUT2D eigenvalue weighted by molar-refractivity contribution is 5.99. The zero-order valence-corrected chi connectivity index (χ0v) is 17.9. The van der Waals surface area contributed by atoms with Gasteiger partial charge in [0, 0.05) is 36.6 Å². The van der Waals surface area contributed by atoms with E-state index in [0.717, 1.165) is 49.1 Å². The third-order valence-electron chi connectivity index (χ3n) is 5.61. The zero-order valence-electron chi connectivity index (χ0n) is 17.9. The molecule has 5 heteroatoms. The van der Waals surface area contributed by atoms with Crippen molar-refractivity contribution in [2.24, 2.45) is 5.92 Å². The molecule has 0 aliphatic carbocycles. The van der Waals surface area contributed by atoms with E-state index < -0.39 is 0 Å². The fourth-order valence-corrected chi connectivity index (χ4v) is 3.97. The third-order valence-corrected chi connectivity index (χ3v) is 5.61. The number of piperidine rings is 1. The lowest BCUT2D eigenvalue weighted by Crippen LogP contribution is -2.44. The maximum atomic E-state index is 12.8. The van der Waals surface area contributed by atoms with Crippen LogP contribution in [-0.4, -0.2) is 41.5 Å². The maximum Gasteiger partial charge on any atom is 0.267 e. The number of hydrogen-bond acceptors (Lipinski definition) is 3. The SMILES string of the molecule is CC(C)COc1cccc2[nH]c(C(=O)NC3CCN(Cc4ccccc4)CC3)cc12. The summed E-state index contributed by atoms with van der Waals surface area (Å²) in [5.74, 6) is 1.24. The van der Waals surface area contributed by atoms with Crippen molar-refractivity contribution in [3.8, 4) is 5.75 Å². The Labute approximate surface area is 178 Å². The topological polar surface area (TPSA) is 57.4 Å². The van der Waals surface area contributed by atoms with E-state index in [1.54, 1.807) is 0 Å². The molecule has 0 spiro atoms. The second kappa shape index (κ2) is 9.35. The van der Waals surface area contributed by atoms with Crippen molar-refractivity contribution in [1.82, 2.24) is 15.2 Å². The number of H-pyrrole nitrogens is 1. The van der Waals surface area contributed by atoms with Gasteiger partial charge in [0.25, 0.3) is 5.91 Å². The second-order valence-corrected chi connectivity index (χ2v) is 8.61. The molecule has 2 N–H and O–H groups in total. The first kappa shape index (κ1) is 20.5. The third kappa shape index (κ3) is 5.03. The minimum Gasteiger partial charge on any atom is -0.493 e. The van der Waals surface area contributed by atoms with Gasteiger partial charge in [-0.1, -0.05) is 50.2 Å². The first-order chi connectivity index (χ1) is 14.6. The van der Waals surface area contributed by atoms with Crippen molar-refractivity contribution in [1.29, 1.82) is 0 Å². The molecule has 2 heterocycles. The van der Waals surface area contributed by atoms with Crippen LogP contribution in [0.5, 0.6) is 5.75 Å². The normalized spacial score (nSPS) is 15.6. The van der Waals surface area contributed by atoms with Gasteiger partial charge in [0.2, 0.25) is 0 Å². The Hall–Kier alpha value is -2.79. The molecule has 2 aromatic carbocycles. The molecular weight excluding hydrogens is 374 g/mol. The van der Waals surface area contributed by atoms with Gasteiger partial charge in [-0.05, 0) is 42.5 Å². The Balaban J connectivity index is 1.34. The van der Waals surface area contributed by atoms with Gasteiger partial charge in [0.15, 0.2) is 0 Å². The Bertz CT molecular complexity index is 972. The highest BCUT2D eigenvalue weighted by atomic mass is 16.5. The fourth-order valence-electron chi connectivity index (χ4n) is 3.97. The van der Waals surface area contributed by atoms with Crippen molar-refractivity contribution in [2.75, 3.05) is 19.7 Å². The lowest BCUT2D eigenvalue weighted by atomic mass is 10.0. The predicted molar refractivity (Wildman–Crippen MR) is 121 cm³/mol. The van der Waals surface area contributed by atoms with Crippen molar-refractivity contribution in [2.45, 2.75) is 39.3 Å². The van der Waals surface area contributed by atoms with Crippen LogP contribution in [0.3, 0.4) is 0 Å². The molecule has 0 atom stereocenters. The number of nitrogens with one attached hydrogen (secondary N) is 2. The molecule has 0 saturated carbocycles. The number of amides is 1. The molecule has 3 aromatic rings. The summed E-state index contributed by atoms with van der Waals surface area (Å²) >= 11 is 0. The van der Waals surface area contributed by atoms with Crippen molar-refractivity contribution in [3.05, 3.63) is 65.9 Å². The molecule has 4 rings (SSSR count). The van der Waals surface area contributed by atoms with E-state index in [-0.39, 0.29) is 11.9 Å². The van der Waals surface area contributed by atoms with Gasteiger partial charge in [0.1, 0.15) is 11.4 Å². The number of carbonyl (C=O) groups is 1. The first-order valence-electron chi connectivity index (χ1n) is 10.9. The van der Waals surface area contributed by atoms with Gasteiger partial charge in [-0.15, -0.1) is 0 Å². The van der Waals surface area contributed by atoms with E-state index in [2.05, 4.69) is 59.4 Å². The van der Waals surface area contributed by atoms with Gasteiger partial charge in [0.05, 0.1) is 6.61 Å². The Morgan fingerprint density at radius 2 is 1.90 bits per heavy atom. The molecule has 30 heavy (non-hydrogen) atoms. The molecule has 158 valence electrons. The summed E-state index contributed by atoms with van der Waals surface area (Å²) in [5, 5.41) is 4.17. The minimum absolute atomic E-state index is 0.0393. The first-order valence-corrected chi connectivity index (χ1v) is 10.9. The summed E-state index contributed by atoms with van der Waals surface area (Å²) in [4.78, 5) is 18.5. The number of ether oxygens (including phenoxy) is 1. The summed E-state index contributed by atoms with van der Waals surface area (Å²) in [5.41, 5.74) is 2.87. The van der Waals surface area contributed by atoms with Crippen LogP contribution < -0.4 is 10.1 Å². The minimum atomic E-state index is -0.0393. The van der Waals surface area contributed by atoms with E-state index in [1.807, 2.05) is 24.3 Å². The zero-order chi connectivity index (χ0) is 20.9. The van der Waals surface area contributed by atoms with Gasteiger partial charge in [-0.2, -0.15) is 0 Å². The summed E-state index contributed by atoms with van der Waals surface area (Å²) < 4.78 is 5.93. The van der Waals surface area contributed by atoms with Crippen LogP contribution in [0.1, 0.15) is 42.7 Å². The molecule has 5 nitrogen and oxygen atoms in total. The summed E-state index contributed by atoms with van der Waals surface area (Å²) in [7, 11) is 0. The highest BCUT2D eigenvalue weighted by Gasteiger charge is 2.22. The number of hydrogen-bond donors (Lipinski definition) is 2. The number of carbonyl (C=O) groups excluding carboxylic acids is 1. The van der Waals surface area contributed by atoms with Crippen LogP contribution in [0, 0.1) is 5.92 Å². The van der Waals surface area contributed by atoms with Crippen molar-refractivity contribution in [3.63, 3.8) is 0 Å². The highest BCUT2D eigenvalue weighted by Crippen LogP contribution is 2.27. The number of nitrogens with zero attached hydrogens (tertiary/aromatic N) is 1. The largest absolute Gasteiger partial charge is 0.493 e. The van der Waals surface area contributed by atoms with Crippen LogP contribution in [0.2, 0.25) is 0 Å². The number of likely N-dealkylation sites (tertiary alicyclic amines) is 1. The molecule has 1 aromatic heterocycles. The van der Waals surface area contributed by atoms with Crippen molar-refractivity contribution < 1.29 is 9.53 Å². The van der Waals surface area contributed by atoms with E-state index in [0.29, 0.717) is 18.2 Å². The molecule has 0 unspecified atom stereocenters. The quantitative estimate of drug-likeness (QED) is 0.604. The molecular formula is C25H31N3O2. The number of fused-ring (bicyclic) bond motifs is 1. The molecule has 1 aliphatic rings. The predicted octanol–water partition coefficient (Wildman–Crippen LogP) is 4.60. The van der Waals surface area contributed by atoms with Gasteiger partial charge >= 0.3 is 0 Å². The Morgan fingerprint density at radius 1 is 1.13 bits per heavy atom. The summed E-state index contributed by atoms with van der Waals surface area (Å²) in [6.45, 7) is 7.89. The van der Waals surface area contributed by atoms with Gasteiger partial charge in [-0.3, -0.25) is 9.69 Å². The smallest absolute Gasteiger partial charge is 0.267 e. The second-order valence-electron chi connectivity index (χ2n) is 8.61. The van der Waals surface area contributed by atoms with E-state index in [4.69, 9.17) is 4.74 Å². The van der Waals surface area contributed by atoms with Gasteiger partial charge in [-0.25, -0.2) is 0 Å². The standard InChI is InChI=1S/C25H31N3O2/c1-18(2)17-30-24-10-6-9-22-21(24)15-23(27-22)25(29)26-20-11-13-28(14-12-20)16-19-7-4-3-5-8-19/h3-10,15,18,20,27H,11-14,16-17H2,1-2H3,(H,26,29). The number of aromatic nitrogens is 1. The summed E-state index contributed by atoms with van der Waals surface area (Å²) in [6, 6.07) is 18.6. The van der Waals surface area contributed by atoms with E-state index in [1.165, 1.54) is 5.56 Å². The van der Waals surface area contributed by atoms with Crippen LogP contribution >= 0.6 is 0 Å². The Morgan fingerprint density at radius 3 is 2.63 bits per heavy atom. The monoisotopic (exact) mass is 405 g/mol. The molecule has 0 radical (unpaired) electrons. The molecule has 1 amide bonds. The number of aromatic amines is 1. The van der Waals surface area contributed by atoms with Crippen LogP contribution in [0.4, 0.5) is 0 Å². The van der Waals surface area contributed by atoms with E-state index in [9.17, 15) is 4.79 Å². The average molecular weight is 406 g/mol. The Kier molecular flexibility index (Phi) is 6.38. The lowest BCUT2D eigenvalue weighted by Gasteiger charge is -2.32. The molecule has 1 saturated heterocycles. The molecule has 1 aliphatic heterocycles. The fraction of sp³-hybridized carbons (Fsp3) is 0.400. The van der Waals surface area contributed by atoms with Gasteiger partial charge < -0.3 is 15.0 Å². The maximum absolute atomic E-state index is 12.8. The molecule has 0 bridgehead atoms. The lowest BCUT2D eigenvalue weighted by molar-refractivity contribution is 0.0904. The van der Waals surface area contributed by atoms with E-state index >= 15 is 0 Å². The number of rotatable bonds is 7.